The first-order valence-corrected chi connectivity index (χ1v) is 11.1. The molecule has 2 aromatic carbocycles. The van der Waals surface area contributed by atoms with Crippen LogP contribution in [-0.4, -0.2) is 74.9 Å². The molecule has 0 atom stereocenters. The number of methoxy groups -OCH3 is 1. The lowest BCUT2D eigenvalue weighted by molar-refractivity contribution is -0.129. The Morgan fingerprint density at radius 1 is 0.968 bits per heavy atom. The SMILES string of the molecule is COc1ccc(N2CCN(C(=O)CNc3ccccc3N3CCC(O)CC3)CC2)cc1. The van der Waals surface area contributed by atoms with Crippen molar-refractivity contribution in [2.24, 2.45) is 0 Å². The van der Waals surface area contributed by atoms with E-state index in [0.717, 1.165) is 74.9 Å². The van der Waals surface area contributed by atoms with Crippen LogP contribution in [0.25, 0.3) is 0 Å². The molecule has 0 unspecified atom stereocenters. The molecule has 0 aliphatic carbocycles. The fourth-order valence-corrected chi connectivity index (χ4v) is 4.30. The molecule has 2 N–H and O–H groups in total. The number of aliphatic hydroxyl groups excluding tert-OH is 1. The number of amides is 1. The molecule has 0 bridgehead atoms. The highest BCUT2D eigenvalue weighted by molar-refractivity contribution is 5.83. The zero-order chi connectivity index (χ0) is 21.6. The maximum absolute atomic E-state index is 12.8. The number of piperidine rings is 1. The topological polar surface area (TPSA) is 68.3 Å². The second-order valence-electron chi connectivity index (χ2n) is 8.15. The van der Waals surface area contributed by atoms with Crippen molar-refractivity contribution in [1.29, 1.82) is 0 Å². The predicted molar refractivity (Wildman–Crippen MR) is 124 cm³/mol. The molecule has 0 aromatic heterocycles. The Labute approximate surface area is 184 Å². The number of carbonyl (C=O) groups is 1. The minimum atomic E-state index is -0.200. The van der Waals surface area contributed by atoms with Crippen molar-refractivity contribution < 1.29 is 14.6 Å². The Morgan fingerprint density at radius 2 is 1.65 bits per heavy atom. The summed E-state index contributed by atoms with van der Waals surface area (Å²) in [4.78, 5) is 19.3. The van der Waals surface area contributed by atoms with Crippen LogP contribution in [0.4, 0.5) is 17.1 Å². The minimum Gasteiger partial charge on any atom is -0.497 e. The van der Waals surface area contributed by atoms with Gasteiger partial charge in [0.05, 0.1) is 31.1 Å². The van der Waals surface area contributed by atoms with Gasteiger partial charge in [-0.3, -0.25) is 4.79 Å². The third-order valence-electron chi connectivity index (χ3n) is 6.21. The zero-order valence-corrected chi connectivity index (χ0v) is 18.2. The predicted octanol–water partition coefficient (Wildman–Crippen LogP) is 2.42. The van der Waals surface area contributed by atoms with Crippen LogP contribution in [0.15, 0.2) is 48.5 Å². The van der Waals surface area contributed by atoms with Gasteiger partial charge in [-0.2, -0.15) is 0 Å². The summed E-state index contributed by atoms with van der Waals surface area (Å²) >= 11 is 0. The van der Waals surface area contributed by atoms with Crippen molar-refractivity contribution in [1.82, 2.24) is 4.90 Å². The van der Waals surface area contributed by atoms with Crippen LogP contribution in [0.1, 0.15) is 12.8 Å². The molecule has 1 amide bonds. The van der Waals surface area contributed by atoms with E-state index < -0.39 is 0 Å². The number of nitrogens with one attached hydrogen (secondary N) is 1. The fourth-order valence-electron chi connectivity index (χ4n) is 4.30. The van der Waals surface area contributed by atoms with Crippen LogP contribution < -0.4 is 19.9 Å². The highest BCUT2D eigenvalue weighted by atomic mass is 16.5. The molecule has 0 radical (unpaired) electrons. The molecular weight excluding hydrogens is 392 g/mol. The normalized spacial score (nSPS) is 17.5. The van der Waals surface area contributed by atoms with Gasteiger partial charge in [0, 0.05) is 45.0 Å². The van der Waals surface area contributed by atoms with E-state index in [1.54, 1.807) is 7.11 Å². The van der Waals surface area contributed by atoms with Crippen LogP contribution in [-0.2, 0) is 4.79 Å². The summed E-state index contributed by atoms with van der Waals surface area (Å²) in [7, 11) is 1.67. The number of rotatable bonds is 6. The quantitative estimate of drug-likeness (QED) is 0.742. The summed E-state index contributed by atoms with van der Waals surface area (Å²) in [5.74, 6) is 0.975. The monoisotopic (exact) mass is 424 g/mol. The maximum Gasteiger partial charge on any atom is 0.241 e. The number of anilines is 3. The second kappa shape index (κ2) is 9.92. The number of piperazine rings is 1. The van der Waals surface area contributed by atoms with Crippen LogP contribution in [0.5, 0.6) is 5.75 Å². The van der Waals surface area contributed by atoms with Gasteiger partial charge in [-0.05, 0) is 49.2 Å². The van der Waals surface area contributed by atoms with Gasteiger partial charge < -0.3 is 29.9 Å². The molecule has 2 saturated heterocycles. The first-order valence-electron chi connectivity index (χ1n) is 11.1. The maximum atomic E-state index is 12.8. The Balaban J connectivity index is 1.29. The van der Waals surface area contributed by atoms with Gasteiger partial charge in [0.2, 0.25) is 5.91 Å². The number of nitrogens with zero attached hydrogens (tertiary/aromatic N) is 3. The average Bonchev–Trinajstić information content (AvgIpc) is 2.83. The molecule has 166 valence electrons. The number of aliphatic hydroxyl groups is 1. The van der Waals surface area contributed by atoms with Crippen LogP contribution in [0, 0.1) is 0 Å². The summed E-state index contributed by atoms with van der Waals surface area (Å²) in [6.45, 7) is 5.05. The fraction of sp³-hybridized carbons (Fsp3) is 0.458. The Morgan fingerprint density at radius 3 is 2.32 bits per heavy atom. The van der Waals surface area contributed by atoms with E-state index in [1.165, 1.54) is 0 Å². The lowest BCUT2D eigenvalue weighted by atomic mass is 10.1. The number of benzene rings is 2. The Hall–Kier alpha value is -2.93. The molecule has 2 aliphatic rings. The third-order valence-corrected chi connectivity index (χ3v) is 6.21. The summed E-state index contributed by atoms with van der Waals surface area (Å²) in [5, 5.41) is 13.1. The summed E-state index contributed by atoms with van der Waals surface area (Å²) in [5.41, 5.74) is 3.24. The number of hydrogen-bond donors (Lipinski definition) is 2. The van der Waals surface area contributed by atoms with E-state index in [0.29, 0.717) is 0 Å². The van der Waals surface area contributed by atoms with Crippen LogP contribution in [0.3, 0.4) is 0 Å². The molecule has 2 heterocycles. The molecular formula is C24H32N4O3. The van der Waals surface area contributed by atoms with Crippen molar-refractivity contribution in [2.45, 2.75) is 18.9 Å². The Kier molecular flexibility index (Phi) is 6.82. The number of hydrogen-bond acceptors (Lipinski definition) is 6. The lowest BCUT2D eigenvalue weighted by Crippen LogP contribution is -2.50. The molecule has 2 fully saturated rings. The first-order chi connectivity index (χ1) is 15.1. The zero-order valence-electron chi connectivity index (χ0n) is 18.2. The van der Waals surface area contributed by atoms with Gasteiger partial charge in [-0.15, -0.1) is 0 Å². The minimum absolute atomic E-state index is 0.123. The number of para-hydroxylation sites is 2. The van der Waals surface area contributed by atoms with Gasteiger partial charge in [-0.1, -0.05) is 12.1 Å². The highest BCUT2D eigenvalue weighted by Crippen LogP contribution is 2.28. The van der Waals surface area contributed by atoms with Crippen molar-refractivity contribution in [3.63, 3.8) is 0 Å². The standard InChI is InChI=1S/C24H32N4O3/c1-31-21-8-6-19(7-9-21)26-14-16-28(17-15-26)24(30)18-25-22-4-2-3-5-23(22)27-12-10-20(29)11-13-27/h2-9,20,25,29H,10-18H2,1H3. The van der Waals surface area contributed by atoms with Gasteiger partial charge in [0.15, 0.2) is 0 Å². The smallest absolute Gasteiger partial charge is 0.241 e. The Bertz CT molecular complexity index is 857. The van der Waals surface area contributed by atoms with Gasteiger partial charge in [0.25, 0.3) is 0 Å². The molecule has 2 aromatic rings. The van der Waals surface area contributed by atoms with E-state index >= 15 is 0 Å². The van der Waals surface area contributed by atoms with Crippen LogP contribution >= 0.6 is 0 Å². The molecule has 0 spiro atoms. The van der Waals surface area contributed by atoms with E-state index in [4.69, 9.17) is 4.74 Å². The van der Waals surface area contributed by atoms with Crippen molar-refractivity contribution >= 4 is 23.0 Å². The number of carbonyl (C=O) groups excluding carboxylic acids is 1. The number of ether oxygens (including phenoxy) is 1. The van der Waals surface area contributed by atoms with Crippen molar-refractivity contribution in [2.75, 3.05) is 68.0 Å². The van der Waals surface area contributed by atoms with E-state index in [-0.39, 0.29) is 18.6 Å². The van der Waals surface area contributed by atoms with Crippen molar-refractivity contribution in [3.05, 3.63) is 48.5 Å². The first kappa shape index (κ1) is 21.3. The van der Waals surface area contributed by atoms with E-state index in [9.17, 15) is 9.90 Å². The van der Waals surface area contributed by atoms with Gasteiger partial charge >= 0.3 is 0 Å². The molecule has 0 saturated carbocycles. The van der Waals surface area contributed by atoms with Gasteiger partial charge in [-0.25, -0.2) is 0 Å². The van der Waals surface area contributed by atoms with E-state index in [2.05, 4.69) is 33.3 Å². The second-order valence-corrected chi connectivity index (χ2v) is 8.15. The largest absolute Gasteiger partial charge is 0.497 e. The molecule has 4 rings (SSSR count). The summed E-state index contributed by atoms with van der Waals surface area (Å²) in [6.07, 6.45) is 1.37. The average molecular weight is 425 g/mol. The van der Waals surface area contributed by atoms with Crippen LogP contribution in [0.2, 0.25) is 0 Å². The van der Waals surface area contributed by atoms with Gasteiger partial charge in [0.1, 0.15) is 5.75 Å². The van der Waals surface area contributed by atoms with Crippen molar-refractivity contribution in [3.8, 4) is 5.75 Å². The summed E-state index contributed by atoms with van der Waals surface area (Å²) < 4.78 is 5.23. The molecule has 2 aliphatic heterocycles. The molecule has 31 heavy (non-hydrogen) atoms. The van der Waals surface area contributed by atoms with E-state index in [1.807, 2.05) is 35.2 Å². The third kappa shape index (κ3) is 5.22. The lowest BCUT2D eigenvalue weighted by Gasteiger charge is -2.36. The molecule has 7 nitrogen and oxygen atoms in total. The highest BCUT2D eigenvalue weighted by Gasteiger charge is 2.22. The summed E-state index contributed by atoms with van der Waals surface area (Å²) in [6, 6.07) is 16.2. The molecule has 7 heteroatoms.